The zero-order valence-corrected chi connectivity index (χ0v) is 5.24. The van der Waals surface area contributed by atoms with Gasteiger partial charge in [-0.15, -0.1) is 0 Å². The van der Waals surface area contributed by atoms with Crippen LogP contribution in [-0.2, 0) is 0 Å². The van der Waals surface area contributed by atoms with E-state index in [0.29, 0.717) is 4.57 Å². The Bertz CT molecular complexity index is 271. The minimum atomic E-state index is -2.74. The highest BCUT2D eigenvalue weighted by molar-refractivity contribution is 5.84. The third-order valence-corrected chi connectivity index (χ3v) is 1.05. The first kappa shape index (κ1) is 7.64. The summed E-state index contributed by atoms with van der Waals surface area (Å²) in [7, 11) is 0. The second-order valence-corrected chi connectivity index (χ2v) is 1.79. The van der Waals surface area contributed by atoms with Crippen molar-refractivity contribution in [2.24, 2.45) is 0 Å². The summed E-state index contributed by atoms with van der Waals surface area (Å²) in [4.78, 5) is 13.3. The molecule has 0 aromatic carbocycles. The van der Waals surface area contributed by atoms with Crippen molar-refractivity contribution in [3.63, 3.8) is 0 Å². The van der Waals surface area contributed by atoms with Crippen molar-refractivity contribution in [3.8, 4) is 0 Å². The second kappa shape index (κ2) is 2.65. The number of aromatic carboxylic acids is 1. The number of carbonyl (C=O) groups is 1. The summed E-state index contributed by atoms with van der Waals surface area (Å²) in [6.07, 6.45) is 1.54. The van der Waals surface area contributed by atoms with Crippen LogP contribution >= 0.6 is 0 Å². The lowest BCUT2D eigenvalue weighted by Crippen LogP contribution is -1.96. The fraction of sp³-hybridized carbons (Fsp3) is 0.200. The maximum absolute atomic E-state index is 11.8. The van der Waals surface area contributed by atoms with E-state index in [-0.39, 0.29) is 5.69 Å². The number of aromatic nitrogens is 2. The van der Waals surface area contributed by atoms with Gasteiger partial charge < -0.3 is 5.11 Å². The molecule has 0 radical (unpaired) electrons. The Morgan fingerprint density at radius 1 is 1.73 bits per heavy atom. The Kier molecular flexibility index (Phi) is 1.84. The molecule has 1 rings (SSSR count). The van der Waals surface area contributed by atoms with Crippen LogP contribution in [0.15, 0.2) is 12.5 Å². The van der Waals surface area contributed by atoms with E-state index < -0.39 is 12.5 Å². The van der Waals surface area contributed by atoms with Gasteiger partial charge in [0.15, 0.2) is 5.69 Å². The molecule has 1 aromatic heterocycles. The summed E-state index contributed by atoms with van der Waals surface area (Å²) in [5, 5.41) is 8.26. The minimum Gasteiger partial charge on any atom is -0.476 e. The largest absolute Gasteiger partial charge is 0.476 e. The lowest BCUT2D eigenvalue weighted by atomic mass is 10.5. The fourth-order valence-electron chi connectivity index (χ4n) is 0.554. The van der Waals surface area contributed by atoms with Crippen LogP contribution in [0.3, 0.4) is 0 Å². The molecule has 0 aliphatic heterocycles. The lowest BCUT2D eigenvalue weighted by Gasteiger charge is -1.94. The van der Waals surface area contributed by atoms with E-state index in [2.05, 4.69) is 4.98 Å². The summed E-state index contributed by atoms with van der Waals surface area (Å²) >= 11 is 0. The first-order chi connectivity index (χ1) is 5.11. The Labute approximate surface area is 60.1 Å². The van der Waals surface area contributed by atoms with Gasteiger partial charge >= 0.3 is 12.5 Å². The number of carboxylic acid groups (broad SMARTS) is 1. The third kappa shape index (κ3) is 1.51. The van der Waals surface area contributed by atoms with Gasteiger partial charge in [0.1, 0.15) is 6.33 Å². The molecule has 4 nitrogen and oxygen atoms in total. The van der Waals surface area contributed by atoms with Crippen LogP contribution in [-0.4, -0.2) is 20.6 Å². The van der Waals surface area contributed by atoms with Gasteiger partial charge in [-0.3, -0.25) is 4.57 Å². The highest BCUT2D eigenvalue weighted by Crippen LogP contribution is 2.09. The van der Waals surface area contributed by atoms with E-state index >= 15 is 0 Å². The molecule has 0 saturated heterocycles. The Hall–Kier alpha value is -1.46. The maximum Gasteiger partial charge on any atom is 0.356 e. The van der Waals surface area contributed by atoms with Gasteiger partial charge in [-0.25, -0.2) is 9.78 Å². The van der Waals surface area contributed by atoms with E-state index in [1.807, 2.05) is 0 Å². The van der Waals surface area contributed by atoms with Crippen molar-refractivity contribution < 1.29 is 18.7 Å². The first-order valence-corrected chi connectivity index (χ1v) is 2.66. The smallest absolute Gasteiger partial charge is 0.356 e. The summed E-state index contributed by atoms with van der Waals surface area (Å²) in [5.74, 6) is -1.32. The number of alkyl halides is 2. The molecule has 0 spiro atoms. The highest BCUT2D eigenvalue weighted by atomic mass is 19.3. The Balaban J connectivity index is 2.90. The third-order valence-electron chi connectivity index (χ3n) is 1.05. The molecule has 6 heteroatoms. The van der Waals surface area contributed by atoms with Crippen LogP contribution in [0.2, 0.25) is 0 Å². The van der Waals surface area contributed by atoms with Gasteiger partial charge in [0.2, 0.25) is 0 Å². The molecule has 0 fully saturated rings. The van der Waals surface area contributed by atoms with Gasteiger partial charge in [0, 0.05) is 6.20 Å². The number of hydrogen-bond acceptors (Lipinski definition) is 2. The summed E-state index contributed by atoms with van der Waals surface area (Å²) in [5.41, 5.74) is -0.384. The van der Waals surface area contributed by atoms with Crippen LogP contribution < -0.4 is 0 Å². The molecule has 1 N–H and O–H groups in total. The zero-order chi connectivity index (χ0) is 8.43. The second-order valence-electron chi connectivity index (χ2n) is 1.79. The van der Waals surface area contributed by atoms with Gasteiger partial charge in [0.05, 0.1) is 0 Å². The minimum absolute atomic E-state index is 0.384. The van der Waals surface area contributed by atoms with Crippen LogP contribution in [0.25, 0.3) is 0 Å². The summed E-state index contributed by atoms with van der Waals surface area (Å²) < 4.78 is 24.0. The normalized spacial score (nSPS) is 10.5. The van der Waals surface area contributed by atoms with E-state index in [1.54, 1.807) is 0 Å². The number of rotatable bonds is 2. The number of imidazole rings is 1. The lowest BCUT2D eigenvalue weighted by molar-refractivity contribution is 0.0676. The van der Waals surface area contributed by atoms with Gasteiger partial charge in [-0.2, -0.15) is 8.78 Å². The van der Waals surface area contributed by atoms with Crippen molar-refractivity contribution in [1.82, 2.24) is 9.55 Å². The Morgan fingerprint density at radius 3 is 2.64 bits per heavy atom. The predicted octanol–water partition coefficient (Wildman–Crippen LogP) is 0.976. The quantitative estimate of drug-likeness (QED) is 0.705. The fourth-order valence-corrected chi connectivity index (χ4v) is 0.554. The number of halogens is 2. The van der Waals surface area contributed by atoms with Crippen molar-refractivity contribution in [3.05, 3.63) is 18.2 Å². The van der Waals surface area contributed by atoms with Gasteiger partial charge in [0.25, 0.3) is 0 Å². The molecule has 0 atom stereocenters. The van der Waals surface area contributed by atoms with E-state index in [1.165, 1.54) is 0 Å². The van der Waals surface area contributed by atoms with Crippen molar-refractivity contribution in [2.75, 3.05) is 0 Å². The molecule has 11 heavy (non-hydrogen) atoms. The molecule has 0 aliphatic carbocycles. The molecule has 0 unspecified atom stereocenters. The molecule has 1 heterocycles. The average Bonchev–Trinajstić information content (AvgIpc) is 2.33. The molecular weight excluding hydrogens is 158 g/mol. The average molecular weight is 162 g/mol. The molecule has 0 saturated carbocycles. The first-order valence-electron chi connectivity index (χ1n) is 2.66. The predicted molar refractivity (Wildman–Crippen MR) is 30.4 cm³/mol. The summed E-state index contributed by atoms with van der Waals surface area (Å²) in [6.45, 7) is -2.74. The van der Waals surface area contributed by atoms with Crippen LogP contribution in [0, 0.1) is 0 Å². The van der Waals surface area contributed by atoms with Crippen LogP contribution in [0.1, 0.15) is 17.0 Å². The molecule has 0 aliphatic rings. The van der Waals surface area contributed by atoms with Crippen LogP contribution in [0.4, 0.5) is 8.78 Å². The number of hydrogen-bond donors (Lipinski definition) is 1. The molecule has 1 aromatic rings. The SMILES string of the molecule is O=C(O)c1cn(C(F)F)cn1. The topological polar surface area (TPSA) is 55.1 Å². The number of nitrogens with zero attached hydrogens (tertiary/aromatic N) is 2. The highest BCUT2D eigenvalue weighted by Gasteiger charge is 2.10. The Morgan fingerprint density at radius 2 is 2.36 bits per heavy atom. The summed E-state index contributed by atoms with van der Waals surface area (Å²) in [6, 6.07) is 0. The van der Waals surface area contributed by atoms with Crippen molar-refractivity contribution in [2.45, 2.75) is 6.55 Å². The molecular formula is C5H4F2N2O2. The zero-order valence-electron chi connectivity index (χ0n) is 5.24. The van der Waals surface area contributed by atoms with E-state index in [4.69, 9.17) is 5.11 Å². The molecule has 0 bridgehead atoms. The standard InChI is InChI=1S/C5H4F2N2O2/c6-5(7)9-1-3(4(10)11)8-2-9/h1-2,5H,(H,10,11). The van der Waals surface area contributed by atoms with Gasteiger partial charge in [-0.05, 0) is 0 Å². The molecule has 0 amide bonds. The van der Waals surface area contributed by atoms with Gasteiger partial charge in [-0.1, -0.05) is 0 Å². The van der Waals surface area contributed by atoms with E-state index in [9.17, 15) is 13.6 Å². The van der Waals surface area contributed by atoms with Crippen LogP contribution in [0.5, 0.6) is 0 Å². The number of carboxylic acids is 1. The maximum atomic E-state index is 11.8. The van der Waals surface area contributed by atoms with Crippen molar-refractivity contribution in [1.29, 1.82) is 0 Å². The monoisotopic (exact) mass is 162 g/mol. The van der Waals surface area contributed by atoms with Crippen molar-refractivity contribution >= 4 is 5.97 Å². The van der Waals surface area contributed by atoms with E-state index in [0.717, 1.165) is 12.5 Å². The molecule has 60 valence electrons.